The Balaban J connectivity index is 3.00. The van der Waals surface area contributed by atoms with Crippen LogP contribution in [0, 0.1) is 0 Å². The molecule has 2 N–H and O–H groups in total. The van der Waals surface area contributed by atoms with Gasteiger partial charge in [0.2, 0.25) is 0 Å². The molecule has 1 aromatic heterocycles. The third-order valence-corrected chi connectivity index (χ3v) is 6.39. The number of rotatable bonds is 3. The van der Waals surface area contributed by atoms with Crippen LogP contribution in [0.2, 0.25) is 5.02 Å². The average Bonchev–Trinajstić information content (AvgIpc) is 2.43. The number of thiophene rings is 1. The van der Waals surface area contributed by atoms with Gasteiger partial charge in [-0.05, 0) is 28.9 Å². The first-order valence-corrected chi connectivity index (χ1v) is 8.07. The Hall–Kier alpha value is 0.380. The molecule has 2 atom stereocenters. The fourth-order valence-electron chi connectivity index (χ4n) is 1.03. The first-order valence-electron chi connectivity index (χ1n) is 4.12. The van der Waals surface area contributed by atoms with Crippen molar-refractivity contribution in [2.24, 2.45) is 5.73 Å². The summed E-state index contributed by atoms with van der Waals surface area (Å²) in [5, 5.41) is -0.0507. The minimum absolute atomic E-state index is 0.534. The van der Waals surface area contributed by atoms with Crippen molar-refractivity contribution < 1.29 is 8.42 Å². The number of hydrogen-bond acceptors (Lipinski definition) is 4. The van der Waals surface area contributed by atoms with Crippen LogP contribution in [0.5, 0.6) is 0 Å². The van der Waals surface area contributed by atoms with E-state index in [4.69, 9.17) is 17.3 Å². The molecule has 0 saturated heterocycles. The van der Waals surface area contributed by atoms with Gasteiger partial charge < -0.3 is 5.73 Å². The average molecular weight is 333 g/mol. The molecule has 0 aliphatic rings. The molecule has 15 heavy (non-hydrogen) atoms. The monoisotopic (exact) mass is 331 g/mol. The lowest BCUT2D eigenvalue weighted by Gasteiger charge is -2.16. The van der Waals surface area contributed by atoms with Gasteiger partial charge in [0.1, 0.15) is 0 Å². The fourth-order valence-corrected chi connectivity index (χ4v) is 3.64. The Labute approximate surface area is 107 Å². The first-order chi connectivity index (χ1) is 6.73. The lowest BCUT2D eigenvalue weighted by molar-refractivity contribution is 0.572. The minimum atomic E-state index is -3.13. The van der Waals surface area contributed by atoms with E-state index in [1.165, 1.54) is 17.6 Å². The molecule has 1 rings (SSSR count). The van der Waals surface area contributed by atoms with Gasteiger partial charge in [0.15, 0.2) is 9.84 Å². The van der Waals surface area contributed by atoms with Crippen LogP contribution >= 0.6 is 38.9 Å². The fraction of sp³-hybridized carbons (Fsp3) is 0.500. The van der Waals surface area contributed by atoms with E-state index in [-0.39, 0.29) is 0 Å². The highest BCUT2D eigenvalue weighted by molar-refractivity contribution is 9.11. The van der Waals surface area contributed by atoms with Gasteiger partial charge in [0.05, 0.1) is 20.1 Å². The van der Waals surface area contributed by atoms with Crippen molar-refractivity contribution in [3.63, 3.8) is 0 Å². The molecule has 0 amide bonds. The summed E-state index contributed by atoms with van der Waals surface area (Å²) in [5.74, 6) is 0. The van der Waals surface area contributed by atoms with Crippen molar-refractivity contribution in [3.05, 3.63) is 19.8 Å². The topological polar surface area (TPSA) is 60.2 Å². The lowest BCUT2D eigenvalue weighted by Crippen LogP contribution is -2.29. The second kappa shape index (κ2) is 4.71. The van der Waals surface area contributed by atoms with Crippen molar-refractivity contribution in [1.82, 2.24) is 0 Å². The van der Waals surface area contributed by atoms with Crippen molar-refractivity contribution in [1.29, 1.82) is 0 Å². The van der Waals surface area contributed by atoms with Crippen LogP contribution in [0.15, 0.2) is 9.85 Å². The summed E-state index contributed by atoms with van der Waals surface area (Å²) in [4.78, 5) is 0.768. The van der Waals surface area contributed by atoms with Gasteiger partial charge in [-0.3, -0.25) is 0 Å². The molecule has 0 saturated carbocycles. The molecule has 1 heterocycles. The normalized spacial score (nSPS) is 16.3. The van der Waals surface area contributed by atoms with Gasteiger partial charge in [0, 0.05) is 11.1 Å². The molecular formula is C8H11BrClNO2S2. The number of halogens is 2. The molecule has 2 unspecified atom stereocenters. The number of nitrogens with two attached hydrogens (primary N) is 1. The van der Waals surface area contributed by atoms with Crippen LogP contribution in [-0.2, 0) is 9.84 Å². The van der Waals surface area contributed by atoms with Gasteiger partial charge in [0.25, 0.3) is 0 Å². The third-order valence-electron chi connectivity index (χ3n) is 2.17. The number of hydrogen-bond donors (Lipinski definition) is 1. The van der Waals surface area contributed by atoms with Crippen LogP contribution in [0.4, 0.5) is 0 Å². The van der Waals surface area contributed by atoms with E-state index in [1.807, 2.05) is 0 Å². The highest BCUT2D eigenvalue weighted by Crippen LogP contribution is 2.36. The van der Waals surface area contributed by atoms with Crippen LogP contribution in [0.25, 0.3) is 0 Å². The molecular weight excluding hydrogens is 322 g/mol. The zero-order valence-electron chi connectivity index (χ0n) is 8.20. The van der Waals surface area contributed by atoms with Crippen molar-refractivity contribution in [3.8, 4) is 0 Å². The molecule has 0 aliphatic heterocycles. The predicted molar refractivity (Wildman–Crippen MR) is 68.3 cm³/mol. The smallest absolute Gasteiger partial charge is 0.151 e. The predicted octanol–water partition coefficient (Wildman–Crippen LogP) is 2.60. The molecule has 1 aromatic rings. The van der Waals surface area contributed by atoms with Crippen molar-refractivity contribution in [2.75, 3.05) is 6.26 Å². The van der Waals surface area contributed by atoms with E-state index in [0.29, 0.717) is 5.02 Å². The Morgan fingerprint density at radius 3 is 2.47 bits per heavy atom. The van der Waals surface area contributed by atoms with E-state index in [1.54, 1.807) is 13.0 Å². The van der Waals surface area contributed by atoms with E-state index in [0.717, 1.165) is 8.66 Å². The van der Waals surface area contributed by atoms with E-state index >= 15 is 0 Å². The van der Waals surface area contributed by atoms with Gasteiger partial charge >= 0.3 is 0 Å². The van der Waals surface area contributed by atoms with Gasteiger partial charge in [-0.1, -0.05) is 11.6 Å². The Bertz CT molecular complexity index is 438. The third kappa shape index (κ3) is 3.17. The maximum absolute atomic E-state index is 11.3. The van der Waals surface area contributed by atoms with Crippen molar-refractivity contribution >= 4 is 48.7 Å². The van der Waals surface area contributed by atoms with Gasteiger partial charge in [-0.2, -0.15) is 0 Å². The second-order valence-corrected chi connectivity index (χ2v) is 8.54. The highest BCUT2D eigenvalue weighted by atomic mass is 79.9. The van der Waals surface area contributed by atoms with Crippen LogP contribution in [-0.4, -0.2) is 19.9 Å². The van der Waals surface area contributed by atoms with Gasteiger partial charge in [-0.15, -0.1) is 11.3 Å². The summed E-state index contributed by atoms with van der Waals surface area (Å²) < 4.78 is 23.4. The minimum Gasteiger partial charge on any atom is -0.322 e. The molecule has 7 heteroatoms. The summed E-state index contributed by atoms with van der Waals surface area (Å²) in [6.45, 7) is 1.60. The lowest BCUT2D eigenvalue weighted by atomic mass is 10.2. The first kappa shape index (κ1) is 13.4. The summed E-state index contributed by atoms with van der Waals surface area (Å²) in [6.07, 6.45) is 1.18. The maximum atomic E-state index is 11.3. The van der Waals surface area contributed by atoms with Crippen LogP contribution in [0.1, 0.15) is 17.8 Å². The molecule has 0 radical (unpaired) electrons. The summed E-state index contributed by atoms with van der Waals surface area (Å²) in [7, 11) is -3.13. The second-order valence-electron chi connectivity index (χ2n) is 3.33. The summed E-state index contributed by atoms with van der Waals surface area (Å²) in [6, 6.07) is 1.16. The zero-order valence-corrected chi connectivity index (χ0v) is 12.2. The molecule has 0 fully saturated rings. The molecule has 0 aromatic carbocycles. The SMILES string of the molecule is CC(C(N)c1cc(Cl)c(Br)s1)S(C)(=O)=O. The van der Waals surface area contributed by atoms with Crippen LogP contribution in [0.3, 0.4) is 0 Å². The summed E-state index contributed by atoms with van der Waals surface area (Å²) in [5.41, 5.74) is 5.86. The molecule has 0 bridgehead atoms. The highest BCUT2D eigenvalue weighted by Gasteiger charge is 2.25. The maximum Gasteiger partial charge on any atom is 0.151 e. The van der Waals surface area contributed by atoms with Crippen LogP contribution < -0.4 is 5.73 Å². The zero-order chi connectivity index (χ0) is 11.8. The molecule has 0 spiro atoms. The largest absolute Gasteiger partial charge is 0.322 e. The number of sulfone groups is 1. The molecule has 86 valence electrons. The van der Waals surface area contributed by atoms with E-state index in [9.17, 15) is 8.42 Å². The summed E-state index contributed by atoms with van der Waals surface area (Å²) >= 11 is 10.5. The van der Waals surface area contributed by atoms with E-state index in [2.05, 4.69) is 15.9 Å². The van der Waals surface area contributed by atoms with Crippen molar-refractivity contribution in [2.45, 2.75) is 18.2 Å². The Morgan fingerprint density at radius 1 is 1.60 bits per heavy atom. The standard InChI is InChI=1S/C8H11BrClNO2S2/c1-4(15(2,12)13)7(11)6-3-5(10)8(9)14-6/h3-4,7H,11H2,1-2H3. The Morgan fingerprint density at radius 2 is 2.13 bits per heavy atom. The van der Waals surface area contributed by atoms with Gasteiger partial charge in [-0.25, -0.2) is 8.42 Å². The quantitative estimate of drug-likeness (QED) is 0.925. The molecule has 3 nitrogen and oxygen atoms in total. The van der Waals surface area contributed by atoms with E-state index < -0.39 is 21.1 Å². The molecule has 0 aliphatic carbocycles. The Kier molecular flexibility index (Phi) is 4.22.